The first-order chi connectivity index (χ1) is 8.90. The van der Waals surface area contributed by atoms with Crippen molar-refractivity contribution in [3.8, 4) is 0 Å². The van der Waals surface area contributed by atoms with Gasteiger partial charge < -0.3 is 9.47 Å². The molecule has 0 spiro atoms. The minimum absolute atomic E-state index is 0.0398. The van der Waals surface area contributed by atoms with Gasteiger partial charge in [-0.2, -0.15) is 0 Å². The summed E-state index contributed by atoms with van der Waals surface area (Å²) < 4.78 is 10.3. The summed E-state index contributed by atoms with van der Waals surface area (Å²) in [7, 11) is 1.57. The van der Waals surface area contributed by atoms with E-state index in [1.54, 1.807) is 18.9 Å². The van der Waals surface area contributed by atoms with Crippen molar-refractivity contribution in [3.05, 3.63) is 29.8 Å². The monoisotopic (exact) mass is 280 g/mol. The SMILES string of the molecule is CO[C@H]1OC(=O)C[C@@H]1Sc1ccc(C(C)(C)C)cc1. The molecular formula is C15H20O3S. The van der Waals surface area contributed by atoms with Gasteiger partial charge in [-0.3, -0.25) is 4.79 Å². The van der Waals surface area contributed by atoms with Crippen molar-refractivity contribution in [1.29, 1.82) is 0 Å². The molecule has 0 bridgehead atoms. The number of ether oxygens (including phenoxy) is 2. The van der Waals surface area contributed by atoms with Gasteiger partial charge >= 0.3 is 5.97 Å². The highest BCUT2D eigenvalue weighted by molar-refractivity contribution is 8.00. The van der Waals surface area contributed by atoms with Crippen molar-refractivity contribution in [2.75, 3.05) is 7.11 Å². The first kappa shape index (κ1) is 14.4. The molecule has 1 aromatic rings. The summed E-state index contributed by atoms with van der Waals surface area (Å²) in [5.74, 6) is -0.185. The van der Waals surface area contributed by atoms with Crippen LogP contribution in [0, 0.1) is 0 Å². The molecule has 0 aromatic heterocycles. The van der Waals surface area contributed by atoms with Crippen molar-refractivity contribution in [1.82, 2.24) is 0 Å². The van der Waals surface area contributed by atoms with Crippen molar-refractivity contribution < 1.29 is 14.3 Å². The smallest absolute Gasteiger partial charge is 0.309 e. The Labute approximate surface area is 118 Å². The van der Waals surface area contributed by atoms with E-state index in [0.717, 1.165) is 4.90 Å². The quantitative estimate of drug-likeness (QED) is 0.795. The fraction of sp³-hybridized carbons (Fsp3) is 0.533. The molecule has 19 heavy (non-hydrogen) atoms. The van der Waals surface area contributed by atoms with E-state index in [4.69, 9.17) is 9.47 Å². The van der Waals surface area contributed by atoms with E-state index in [9.17, 15) is 4.79 Å². The van der Waals surface area contributed by atoms with E-state index in [2.05, 4.69) is 45.0 Å². The lowest BCUT2D eigenvalue weighted by Crippen LogP contribution is -2.20. The van der Waals surface area contributed by atoms with Crippen LogP contribution in [0.2, 0.25) is 0 Å². The molecule has 2 atom stereocenters. The van der Waals surface area contributed by atoms with Crippen molar-refractivity contribution in [3.63, 3.8) is 0 Å². The number of cyclic esters (lactones) is 1. The highest BCUT2D eigenvalue weighted by Gasteiger charge is 2.35. The van der Waals surface area contributed by atoms with Gasteiger partial charge in [0.05, 0.1) is 11.7 Å². The Balaban J connectivity index is 2.05. The third kappa shape index (κ3) is 3.51. The van der Waals surface area contributed by atoms with Gasteiger partial charge in [-0.15, -0.1) is 11.8 Å². The molecule has 0 N–H and O–H groups in total. The zero-order valence-corrected chi connectivity index (χ0v) is 12.6. The molecule has 1 fully saturated rings. The molecule has 1 aromatic carbocycles. The Morgan fingerprint density at radius 1 is 1.26 bits per heavy atom. The second-order valence-corrected chi connectivity index (χ2v) is 7.04. The first-order valence-electron chi connectivity index (χ1n) is 6.39. The summed E-state index contributed by atoms with van der Waals surface area (Å²) >= 11 is 1.64. The van der Waals surface area contributed by atoms with Gasteiger partial charge in [-0.25, -0.2) is 0 Å². The lowest BCUT2D eigenvalue weighted by Gasteiger charge is -2.20. The zero-order chi connectivity index (χ0) is 14.0. The van der Waals surface area contributed by atoms with Crippen molar-refractivity contribution in [2.24, 2.45) is 0 Å². The van der Waals surface area contributed by atoms with Crippen LogP contribution in [0.3, 0.4) is 0 Å². The lowest BCUT2D eigenvalue weighted by molar-refractivity contribution is -0.157. The highest BCUT2D eigenvalue weighted by Crippen LogP contribution is 2.34. The van der Waals surface area contributed by atoms with E-state index in [1.807, 2.05) is 0 Å². The Morgan fingerprint density at radius 2 is 1.89 bits per heavy atom. The van der Waals surface area contributed by atoms with Gasteiger partial charge in [0, 0.05) is 12.0 Å². The molecule has 0 unspecified atom stereocenters. The van der Waals surface area contributed by atoms with E-state index in [-0.39, 0.29) is 16.6 Å². The van der Waals surface area contributed by atoms with Crippen molar-refractivity contribution in [2.45, 2.75) is 49.0 Å². The van der Waals surface area contributed by atoms with Crippen LogP contribution in [0.1, 0.15) is 32.8 Å². The lowest BCUT2D eigenvalue weighted by atomic mass is 9.87. The Kier molecular flexibility index (Phi) is 4.21. The number of carbonyl (C=O) groups is 1. The minimum Gasteiger partial charge on any atom is -0.434 e. The average Bonchev–Trinajstić information content (AvgIpc) is 2.69. The number of esters is 1. The molecule has 104 valence electrons. The fourth-order valence-electron chi connectivity index (χ4n) is 2.02. The van der Waals surface area contributed by atoms with E-state index >= 15 is 0 Å². The first-order valence-corrected chi connectivity index (χ1v) is 7.27. The molecule has 0 amide bonds. The van der Waals surface area contributed by atoms with Crippen molar-refractivity contribution >= 4 is 17.7 Å². The Hall–Kier alpha value is -1.00. The molecule has 1 aliphatic heterocycles. The van der Waals surface area contributed by atoms with E-state index < -0.39 is 6.29 Å². The van der Waals surface area contributed by atoms with Gasteiger partial charge in [0.25, 0.3) is 0 Å². The summed E-state index contributed by atoms with van der Waals surface area (Å²) in [5.41, 5.74) is 1.46. The number of hydrogen-bond acceptors (Lipinski definition) is 4. The molecule has 1 saturated heterocycles. The van der Waals surface area contributed by atoms with Crippen LogP contribution < -0.4 is 0 Å². The standard InChI is InChI=1S/C15H20O3S/c1-15(2,3)10-5-7-11(8-6-10)19-12-9-13(16)18-14(12)17-4/h5-8,12,14H,9H2,1-4H3/t12-,14-/m0/s1. The average molecular weight is 280 g/mol. The number of benzene rings is 1. The van der Waals surface area contributed by atoms with Gasteiger partial charge in [0.2, 0.25) is 6.29 Å². The van der Waals surface area contributed by atoms with Crippen LogP contribution in [0.4, 0.5) is 0 Å². The highest BCUT2D eigenvalue weighted by atomic mass is 32.2. The number of methoxy groups -OCH3 is 1. The second kappa shape index (κ2) is 5.55. The molecule has 1 heterocycles. The van der Waals surface area contributed by atoms with E-state index in [0.29, 0.717) is 6.42 Å². The van der Waals surface area contributed by atoms with Gasteiger partial charge in [0.1, 0.15) is 0 Å². The van der Waals surface area contributed by atoms with E-state index in [1.165, 1.54) is 5.56 Å². The number of rotatable bonds is 3. The Morgan fingerprint density at radius 3 is 2.42 bits per heavy atom. The largest absolute Gasteiger partial charge is 0.434 e. The normalized spacial score (nSPS) is 23.5. The maximum atomic E-state index is 11.3. The maximum Gasteiger partial charge on any atom is 0.309 e. The van der Waals surface area contributed by atoms with Crippen LogP contribution in [0.25, 0.3) is 0 Å². The summed E-state index contributed by atoms with van der Waals surface area (Å²) in [6, 6.07) is 8.48. The number of hydrogen-bond donors (Lipinski definition) is 0. The molecule has 1 aliphatic rings. The predicted octanol–water partition coefficient (Wildman–Crippen LogP) is 3.36. The molecule has 3 nitrogen and oxygen atoms in total. The summed E-state index contributed by atoms with van der Waals surface area (Å²) in [4.78, 5) is 12.4. The molecule has 4 heteroatoms. The number of carbonyl (C=O) groups excluding carboxylic acids is 1. The second-order valence-electron chi connectivity index (χ2n) is 5.73. The predicted molar refractivity (Wildman–Crippen MR) is 76.3 cm³/mol. The topological polar surface area (TPSA) is 35.5 Å². The molecule has 0 saturated carbocycles. The third-order valence-electron chi connectivity index (χ3n) is 3.16. The summed E-state index contributed by atoms with van der Waals surface area (Å²) in [5, 5.41) is 0.0398. The zero-order valence-electron chi connectivity index (χ0n) is 11.8. The van der Waals surface area contributed by atoms with Crippen LogP contribution >= 0.6 is 11.8 Å². The van der Waals surface area contributed by atoms with Crippen LogP contribution in [0.15, 0.2) is 29.2 Å². The summed E-state index contributed by atoms with van der Waals surface area (Å²) in [6.07, 6.45) is -0.0238. The minimum atomic E-state index is -0.431. The van der Waals surface area contributed by atoms with Gasteiger partial charge in [-0.1, -0.05) is 32.9 Å². The van der Waals surface area contributed by atoms with Gasteiger partial charge in [-0.05, 0) is 23.1 Å². The van der Waals surface area contributed by atoms with Crippen LogP contribution in [-0.2, 0) is 19.7 Å². The number of thioether (sulfide) groups is 1. The Bertz CT molecular complexity index is 447. The maximum absolute atomic E-state index is 11.3. The fourth-order valence-corrected chi connectivity index (χ4v) is 3.16. The molecule has 0 radical (unpaired) electrons. The molecular weight excluding hydrogens is 260 g/mol. The third-order valence-corrected chi connectivity index (χ3v) is 4.40. The summed E-state index contributed by atoms with van der Waals surface area (Å²) in [6.45, 7) is 6.58. The molecule has 2 rings (SSSR count). The van der Waals surface area contributed by atoms with Crippen LogP contribution in [0.5, 0.6) is 0 Å². The van der Waals surface area contributed by atoms with Gasteiger partial charge in [0.15, 0.2) is 0 Å². The van der Waals surface area contributed by atoms with Crippen LogP contribution in [-0.4, -0.2) is 24.6 Å². The molecule has 0 aliphatic carbocycles.